The molecule has 0 radical (unpaired) electrons. The van der Waals surface area contributed by atoms with E-state index in [4.69, 9.17) is 19.8 Å². The molecule has 13 heteroatoms. The van der Waals surface area contributed by atoms with Gasteiger partial charge in [-0.25, -0.2) is 15.6 Å². The first-order valence-electron chi connectivity index (χ1n) is 20.2. The summed E-state index contributed by atoms with van der Waals surface area (Å²) in [7, 11) is 0. The largest absolute Gasteiger partial charge is 0.356 e. The van der Waals surface area contributed by atoms with Gasteiger partial charge in [-0.2, -0.15) is 5.26 Å². The van der Waals surface area contributed by atoms with Gasteiger partial charge in [0, 0.05) is 64.8 Å². The Morgan fingerprint density at radius 2 is 0.930 bits per heavy atom. The van der Waals surface area contributed by atoms with E-state index in [2.05, 4.69) is 22.2 Å². The smallest absolute Gasteiger partial charge is 0.246 e. The lowest BCUT2D eigenvalue weighted by Crippen LogP contribution is -2.34. The summed E-state index contributed by atoms with van der Waals surface area (Å²) in [6.45, 7) is 3.39. The molecule has 0 aliphatic heterocycles. The Kier molecular flexibility index (Phi) is 24.4. The monoisotopic (exact) mass is 784 g/mol. The quantitative estimate of drug-likeness (QED) is 0.0492. The normalized spacial score (nSPS) is 10.7. The lowest BCUT2D eigenvalue weighted by atomic mass is 10.2. The highest BCUT2D eigenvalue weighted by atomic mass is 16.7. The number of carbonyl (C=O) groups excluding carboxylic acids is 4. The van der Waals surface area contributed by atoms with Gasteiger partial charge in [-0.3, -0.25) is 33.7 Å². The number of nitrogens with zero attached hydrogens (tertiary/aromatic N) is 3. The summed E-state index contributed by atoms with van der Waals surface area (Å²) in [5.41, 5.74) is 5.93. The summed E-state index contributed by atoms with van der Waals surface area (Å²) in [5, 5.41) is 17.3. The number of amides is 4. The predicted octanol–water partition coefficient (Wildman–Crippen LogP) is 6.46. The van der Waals surface area contributed by atoms with Crippen molar-refractivity contribution in [3.63, 3.8) is 0 Å². The molecule has 0 aliphatic carbocycles. The zero-order valence-electron chi connectivity index (χ0n) is 33.2. The zero-order chi connectivity index (χ0) is 40.6. The van der Waals surface area contributed by atoms with Crippen molar-refractivity contribution in [1.82, 2.24) is 26.2 Å². The van der Waals surface area contributed by atoms with E-state index in [1.807, 2.05) is 91.0 Å². The molecule has 0 atom stereocenters. The molecule has 4 amide bonds. The van der Waals surface area contributed by atoms with E-state index in [0.29, 0.717) is 64.9 Å². The highest BCUT2D eigenvalue weighted by Crippen LogP contribution is 2.11. The van der Waals surface area contributed by atoms with Crippen LogP contribution < -0.4 is 16.1 Å². The minimum absolute atomic E-state index is 0.0101. The minimum atomic E-state index is -0.277. The van der Waals surface area contributed by atoms with Crippen LogP contribution >= 0.6 is 0 Å². The molecule has 3 N–H and O–H groups in total. The lowest BCUT2D eigenvalue weighted by Gasteiger charge is -2.22. The molecule has 0 aromatic heterocycles. The van der Waals surface area contributed by atoms with E-state index in [1.165, 1.54) is 10.1 Å². The van der Waals surface area contributed by atoms with E-state index in [9.17, 15) is 19.2 Å². The summed E-state index contributed by atoms with van der Waals surface area (Å²) in [5.74, 6) is -0.928. The first kappa shape index (κ1) is 46.3. The van der Waals surface area contributed by atoms with Crippen molar-refractivity contribution < 1.29 is 33.7 Å². The molecule has 0 bridgehead atoms. The Morgan fingerprint density at radius 3 is 1.40 bits per heavy atom. The van der Waals surface area contributed by atoms with E-state index >= 15 is 0 Å². The fraction of sp³-hybridized carbons (Fsp3) is 0.477. The Labute approximate surface area is 337 Å². The van der Waals surface area contributed by atoms with Crippen LogP contribution in [0.25, 0.3) is 0 Å². The third kappa shape index (κ3) is 22.3. The number of hydroxylamine groups is 5. The Hall–Kier alpha value is -5.13. The van der Waals surface area contributed by atoms with E-state index in [-0.39, 0.29) is 62.5 Å². The first-order valence-corrected chi connectivity index (χ1v) is 20.2. The van der Waals surface area contributed by atoms with Crippen LogP contribution in [-0.2, 0) is 53.5 Å². The van der Waals surface area contributed by atoms with Gasteiger partial charge in [0.15, 0.2) is 0 Å². The van der Waals surface area contributed by atoms with Gasteiger partial charge in [-0.15, -0.1) is 0 Å². The zero-order valence-corrected chi connectivity index (χ0v) is 33.2. The summed E-state index contributed by atoms with van der Waals surface area (Å²) in [6, 6.07) is 31.2. The molecule has 0 fully saturated rings. The standard InChI is InChI=1S/C44H60N6O7/c45-29-13-4-17-33-49(56-36-39-21-9-2-10-22-39)43(53)27-26-42(52)47-31-15-6-18-34-50(57-37-40-23-11-3-12-24-40)44(54)28-25-41(51)46-30-14-5-16-32-48-55-35-38-19-7-1-8-20-38/h1-3,7-12,19-24,48H,4-6,13-18,25-28,30-37H2,(H,46,51)(H,47,52). The number of nitriles is 1. The maximum absolute atomic E-state index is 13.1. The molecule has 0 aliphatic rings. The van der Waals surface area contributed by atoms with Gasteiger partial charge in [0.1, 0.15) is 13.2 Å². The highest BCUT2D eigenvalue weighted by Gasteiger charge is 2.18. The minimum Gasteiger partial charge on any atom is -0.356 e. The van der Waals surface area contributed by atoms with E-state index < -0.39 is 0 Å². The number of carbonyl (C=O) groups is 4. The van der Waals surface area contributed by atoms with Crippen molar-refractivity contribution in [2.75, 3.05) is 32.7 Å². The second kappa shape index (κ2) is 30.1. The Bertz CT molecular complexity index is 1590. The number of benzene rings is 3. The molecular formula is C44H60N6O7. The van der Waals surface area contributed by atoms with E-state index in [0.717, 1.165) is 48.9 Å². The van der Waals surface area contributed by atoms with Gasteiger partial charge in [-0.1, -0.05) is 97.4 Å². The van der Waals surface area contributed by atoms with Gasteiger partial charge in [-0.05, 0) is 61.6 Å². The fourth-order valence-electron chi connectivity index (χ4n) is 5.59. The first-order chi connectivity index (χ1) is 27.9. The van der Waals surface area contributed by atoms with Gasteiger partial charge < -0.3 is 10.6 Å². The van der Waals surface area contributed by atoms with Gasteiger partial charge in [0.2, 0.25) is 23.6 Å². The van der Waals surface area contributed by atoms with Crippen LogP contribution in [0, 0.1) is 11.3 Å². The topological polar surface area (TPSA) is 162 Å². The Balaban J connectivity index is 1.29. The molecule has 3 aromatic carbocycles. The SMILES string of the molecule is N#CCCCCN(OCc1ccccc1)C(=O)CCC(=O)NCCCCCN(OCc1ccccc1)C(=O)CCC(=O)NCCCCCNOCc1ccccc1. The van der Waals surface area contributed by atoms with Crippen molar-refractivity contribution in [3.05, 3.63) is 108 Å². The van der Waals surface area contributed by atoms with Crippen LogP contribution in [-0.4, -0.2) is 66.5 Å². The average Bonchev–Trinajstić information content (AvgIpc) is 3.24. The molecular weight excluding hydrogens is 725 g/mol. The summed E-state index contributed by atoms with van der Waals surface area (Å²) >= 11 is 0. The van der Waals surface area contributed by atoms with Crippen LogP contribution in [0.4, 0.5) is 0 Å². The molecule has 0 saturated carbocycles. The number of hydrogen-bond acceptors (Lipinski definition) is 9. The summed E-state index contributed by atoms with van der Waals surface area (Å²) < 4.78 is 0. The van der Waals surface area contributed by atoms with E-state index in [1.54, 1.807) is 0 Å². The second-order valence-corrected chi connectivity index (χ2v) is 13.6. The third-order valence-electron chi connectivity index (χ3n) is 8.87. The Morgan fingerprint density at radius 1 is 0.509 bits per heavy atom. The van der Waals surface area contributed by atoms with Gasteiger partial charge in [0.25, 0.3) is 0 Å². The average molecular weight is 785 g/mol. The molecule has 0 heterocycles. The van der Waals surface area contributed by atoms with Crippen LogP contribution in [0.5, 0.6) is 0 Å². The highest BCUT2D eigenvalue weighted by molar-refractivity contribution is 5.83. The molecule has 0 saturated heterocycles. The van der Waals surface area contributed by atoms with Gasteiger partial charge >= 0.3 is 0 Å². The molecule has 3 rings (SSSR count). The van der Waals surface area contributed by atoms with Crippen molar-refractivity contribution >= 4 is 23.6 Å². The molecule has 13 nitrogen and oxygen atoms in total. The molecule has 0 spiro atoms. The number of rotatable bonds is 31. The third-order valence-corrected chi connectivity index (χ3v) is 8.87. The lowest BCUT2D eigenvalue weighted by molar-refractivity contribution is -0.192. The van der Waals surface area contributed by atoms with Crippen molar-refractivity contribution in [1.29, 1.82) is 5.26 Å². The maximum atomic E-state index is 13.1. The number of nitrogens with one attached hydrogen (secondary N) is 3. The van der Waals surface area contributed by atoms with Crippen LogP contribution in [0.1, 0.15) is 100 Å². The van der Waals surface area contributed by atoms with Gasteiger partial charge in [0.05, 0.1) is 12.7 Å². The van der Waals surface area contributed by atoms with Crippen molar-refractivity contribution in [2.24, 2.45) is 0 Å². The predicted molar refractivity (Wildman–Crippen MR) is 217 cm³/mol. The summed E-state index contributed by atoms with van der Waals surface area (Å²) in [6.07, 6.45) is 6.59. The molecule has 0 unspecified atom stereocenters. The van der Waals surface area contributed by atoms with Crippen LogP contribution in [0.2, 0.25) is 0 Å². The van der Waals surface area contributed by atoms with Crippen LogP contribution in [0.3, 0.4) is 0 Å². The fourth-order valence-corrected chi connectivity index (χ4v) is 5.59. The van der Waals surface area contributed by atoms with Crippen LogP contribution in [0.15, 0.2) is 91.0 Å². The number of hydrogen-bond donors (Lipinski definition) is 3. The molecule has 3 aromatic rings. The van der Waals surface area contributed by atoms with Crippen molar-refractivity contribution in [3.8, 4) is 6.07 Å². The maximum Gasteiger partial charge on any atom is 0.246 e. The van der Waals surface area contributed by atoms with Crippen molar-refractivity contribution in [2.45, 2.75) is 103 Å². The second-order valence-electron chi connectivity index (χ2n) is 13.6. The summed E-state index contributed by atoms with van der Waals surface area (Å²) in [4.78, 5) is 68.3. The molecule has 308 valence electrons. The number of unbranched alkanes of at least 4 members (excludes halogenated alkanes) is 6. The molecule has 57 heavy (non-hydrogen) atoms.